The van der Waals surface area contributed by atoms with Crippen LogP contribution in [0.25, 0.3) is 0 Å². The van der Waals surface area contributed by atoms with Crippen LogP contribution in [0.5, 0.6) is 0 Å². The molecule has 26 nitrogen and oxygen atoms in total. The average molecular weight is 864 g/mol. The molecule has 0 bridgehead atoms. The molecule has 4 rings (SSSR count). The van der Waals surface area contributed by atoms with Crippen LogP contribution in [0.3, 0.4) is 0 Å². The van der Waals surface area contributed by atoms with Gasteiger partial charge in [0.1, 0.15) is 91.6 Å². The van der Waals surface area contributed by atoms with Crippen molar-refractivity contribution in [2.45, 2.75) is 142 Å². The zero-order valence-corrected chi connectivity index (χ0v) is 31.7. The molecule has 4 aliphatic heterocycles. The highest BCUT2D eigenvalue weighted by atomic mass is 16.8. The van der Waals surface area contributed by atoms with Gasteiger partial charge in [-0.25, -0.2) is 0 Å². The van der Waals surface area contributed by atoms with Gasteiger partial charge in [-0.2, -0.15) is 0 Å². The quantitative estimate of drug-likeness (QED) is 0.0517. The van der Waals surface area contributed by atoms with E-state index in [0.717, 1.165) is 14.2 Å². The normalized spacial score (nSPS) is 43.0. The van der Waals surface area contributed by atoms with Crippen molar-refractivity contribution in [3.05, 3.63) is 0 Å². The van der Waals surface area contributed by atoms with Crippen LogP contribution < -0.4 is 15.3 Å². The number of aliphatic hydroxyl groups excluding tert-OH is 9. The summed E-state index contributed by atoms with van der Waals surface area (Å²) >= 11 is 0. The van der Waals surface area contributed by atoms with Gasteiger partial charge in [-0.1, -0.05) is 0 Å². The molecule has 20 atom stereocenters. The lowest BCUT2D eigenvalue weighted by Crippen LogP contribution is -2.67. The second-order valence-electron chi connectivity index (χ2n) is 14.0. The lowest BCUT2D eigenvalue weighted by molar-refractivity contribution is -0.391. The Morgan fingerprint density at radius 3 is 1.47 bits per heavy atom. The van der Waals surface area contributed by atoms with Crippen molar-refractivity contribution < 1.29 is 128 Å². The van der Waals surface area contributed by atoms with E-state index in [-0.39, 0.29) is 12.8 Å². The maximum atomic E-state index is 11.5. The lowest BCUT2D eigenvalue weighted by Gasteiger charge is -2.50. The van der Waals surface area contributed by atoms with Gasteiger partial charge in [-0.3, -0.25) is 0 Å². The van der Waals surface area contributed by atoms with E-state index in [9.17, 15) is 75.7 Å². The number of carboxylic acid groups (broad SMARTS) is 3. The monoisotopic (exact) mass is 863 g/mol. The van der Waals surface area contributed by atoms with E-state index in [1.165, 1.54) is 0 Å². The minimum absolute atomic E-state index is 0.0665. The van der Waals surface area contributed by atoms with Crippen LogP contribution in [-0.2, 0) is 66.5 Å². The Hall–Kier alpha value is -2.39. The molecule has 0 aromatic rings. The SMILES string of the molecule is CO[C@@H]1O[C@@H](CCCC(=O)[O-])[C@@H](O[C@@H]2OC(CO)[C@@H](O[C@@H]3O[C@@H](CO)[C@@H](O[C@@H]4OC(COCC(=O)[O-])[C@@H](OC)C(O)[C@@H]4O)C(O)C3O)[C@H](O)C2OCC(=O)[O-])C(O)C1O. The third-order valence-corrected chi connectivity index (χ3v) is 10.0. The first-order chi connectivity index (χ1) is 28.0. The van der Waals surface area contributed by atoms with Crippen LogP contribution in [-0.4, -0.2) is 234 Å². The summed E-state index contributed by atoms with van der Waals surface area (Å²) < 4.78 is 60.5. The maximum absolute atomic E-state index is 11.5. The van der Waals surface area contributed by atoms with Crippen molar-refractivity contribution in [3.63, 3.8) is 0 Å². The summed E-state index contributed by atoms with van der Waals surface area (Å²) in [6, 6.07) is 0. The van der Waals surface area contributed by atoms with Crippen molar-refractivity contribution in [2.24, 2.45) is 0 Å². The second-order valence-corrected chi connectivity index (χ2v) is 14.0. The molecule has 4 saturated heterocycles. The molecule has 9 N–H and O–H groups in total. The molecule has 4 fully saturated rings. The molecule has 0 saturated carbocycles. The first kappa shape index (κ1) is 49.3. The van der Waals surface area contributed by atoms with E-state index in [1.54, 1.807) is 0 Å². The number of hydrogen-bond donors (Lipinski definition) is 9. The summed E-state index contributed by atoms with van der Waals surface area (Å²) in [5.74, 6) is -4.74. The van der Waals surface area contributed by atoms with Crippen molar-refractivity contribution >= 4 is 17.9 Å². The number of ether oxygens (including phenoxy) is 11. The van der Waals surface area contributed by atoms with Gasteiger partial charge in [-0.15, -0.1) is 0 Å². The van der Waals surface area contributed by atoms with E-state index >= 15 is 0 Å². The van der Waals surface area contributed by atoms with Crippen LogP contribution in [0.15, 0.2) is 0 Å². The van der Waals surface area contributed by atoms with Crippen LogP contribution in [0.1, 0.15) is 19.3 Å². The Kier molecular flexibility index (Phi) is 18.9. The standard InChI is InChI=1S/C33H54O26/c1-49-25-14(8-51-9-16(38)39)56-32(22(46)18(25)42)57-27-12(6-34)54-31(23(47)20(27)44)58-28-13(7-35)55-33(29(24(28)48)52-10-17(40)41)59-26-11(4-3-5-15(36)37)53-30(50-2)21(45)19(26)43/h11-14,18-35,42-48H,3-10H2,1-2H3,(H,36,37)(H,38,39)(H,40,41)/p-3/t11-,12-,13?,14?,18?,19?,20?,21?,22-,23?,24-,25+,26+,27+,28+,29?,30+,31-,32-,33-/m0/s1. The maximum Gasteiger partial charge on any atom is 0.187 e. The molecule has 8 unspecified atom stereocenters. The molecule has 342 valence electrons. The Labute approximate surface area is 335 Å². The largest absolute Gasteiger partial charge is 0.550 e. The van der Waals surface area contributed by atoms with Gasteiger partial charge >= 0.3 is 0 Å². The van der Waals surface area contributed by atoms with Gasteiger partial charge in [-0.05, 0) is 19.3 Å². The summed E-state index contributed by atoms with van der Waals surface area (Å²) in [6.07, 6.45) is -35.2. The Bertz CT molecular complexity index is 1320. The van der Waals surface area contributed by atoms with E-state index in [0.29, 0.717) is 0 Å². The topological polar surface area (TPSA) is 404 Å². The average Bonchev–Trinajstić information content (AvgIpc) is 3.19. The zero-order valence-electron chi connectivity index (χ0n) is 31.7. The third-order valence-electron chi connectivity index (χ3n) is 10.0. The van der Waals surface area contributed by atoms with Crippen molar-refractivity contribution in [2.75, 3.05) is 47.3 Å². The smallest absolute Gasteiger partial charge is 0.187 e. The van der Waals surface area contributed by atoms with Crippen LogP contribution >= 0.6 is 0 Å². The van der Waals surface area contributed by atoms with E-state index < -0.39 is 180 Å². The molecule has 0 aliphatic carbocycles. The van der Waals surface area contributed by atoms with Gasteiger partial charge in [0.25, 0.3) is 0 Å². The van der Waals surface area contributed by atoms with E-state index in [1.807, 2.05) is 0 Å². The minimum atomic E-state index is -2.13. The number of methoxy groups -OCH3 is 2. The summed E-state index contributed by atoms with van der Waals surface area (Å²) in [5.41, 5.74) is 0. The van der Waals surface area contributed by atoms with Gasteiger partial charge in [0.05, 0.1) is 51.1 Å². The zero-order chi connectivity index (χ0) is 43.7. The molecule has 0 amide bonds. The fourth-order valence-electron chi connectivity index (χ4n) is 7.11. The first-order valence-corrected chi connectivity index (χ1v) is 18.4. The summed E-state index contributed by atoms with van der Waals surface area (Å²) in [4.78, 5) is 33.3. The Morgan fingerprint density at radius 1 is 0.508 bits per heavy atom. The molecule has 4 heterocycles. The van der Waals surface area contributed by atoms with Crippen molar-refractivity contribution in [1.29, 1.82) is 0 Å². The number of carbonyl (C=O) groups excluding carboxylic acids is 3. The number of hydrogen-bond acceptors (Lipinski definition) is 26. The number of rotatable bonds is 21. The molecular weight excluding hydrogens is 812 g/mol. The molecular formula is C33H51O26-3. The van der Waals surface area contributed by atoms with Gasteiger partial charge < -0.3 is 128 Å². The molecule has 59 heavy (non-hydrogen) atoms. The first-order valence-electron chi connectivity index (χ1n) is 18.4. The molecule has 4 aliphatic rings. The highest BCUT2D eigenvalue weighted by molar-refractivity contribution is 5.65. The van der Waals surface area contributed by atoms with E-state index in [2.05, 4.69) is 0 Å². The van der Waals surface area contributed by atoms with Crippen molar-refractivity contribution in [1.82, 2.24) is 0 Å². The minimum Gasteiger partial charge on any atom is -0.550 e. The predicted molar refractivity (Wildman–Crippen MR) is 173 cm³/mol. The van der Waals surface area contributed by atoms with Gasteiger partial charge in [0, 0.05) is 20.2 Å². The number of aliphatic hydroxyl groups is 9. The Balaban J connectivity index is 1.51. The summed E-state index contributed by atoms with van der Waals surface area (Å²) in [5, 5.41) is 131. The highest BCUT2D eigenvalue weighted by Crippen LogP contribution is 2.36. The van der Waals surface area contributed by atoms with Crippen LogP contribution in [0.4, 0.5) is 0 Å². The van der Waals surface area contributed by atoms with Crippen LogP contribution in [0.2, 0.25) is 0 Å². The molecule has 0 spiro atoms. The summed E-state index contributed by atoms with van der Waals surface area (Å²) in [7, 11) is 2.32. The van der Waals surface area contributed by atoms with Crippen molar-refractivity contribution in [3.8, 4) is 0 Å². The van der Waals surface area contributed by atoms with Gasteiger partial charge in [0.2, 0.25) is 0 Å². The Morgan fingerprint density at radius 2 is 0.966 bits per heavy atom. The number of carbonyl (C=O) groups is 3. The number of aliphatic carboxylic acids is 3. The van der Waals surface area contributed by atoms with Crippen LogP contribution in [0, 0.1) is 0 Å². The molecule has 26 heteroatoms. The van der Waals surface area contributed by atoms with E-state index in [4.69, 9.17) is 52.1 Å². The van der Waals surface area contributed by atoms with Gasteiger partial charge in [0.15, 0.2) is 25.2 Å². The predicted octanol–water partition coefficient (Wildman–Crippen LogP) is -11.0. The third kappa shape index (κ3) is 12.2. The highest BCUT2D eigenvalue weighted by Gasteiger charge is 2.56. The lowest BCUT2D eigenvalue weighted by atomic mass is 9.94. The second kappa shape index (κ2) is 22.6. The molecule has 0 aromatic carbocycles. The molecule has 0 radical (unpaired) electrons. The fourth-order valence-corrected chi connectivity index (χ4v) is 7.11. The fraction of sp³-hybridized carbons (Fsp3) is 0.909. The summed E-state index contributed by atoms with van der Waals surface area (Å²) in [6.45, 7) is -4.52. The molecule has 0 aromatic heterocycles. The number of carboxylic acids is 3.